The third-order valence-corrected chi connectivity index (χ3v) is 5.31. The zero-order valence-electron chi connectivity index (χ0n) is 14.7. The molecule has 3 unspecified atom stereocenters. The Hall–Kier alpha value is -2.35. The van der Waals surface area contributed by atoms with E-state index in [9.17, 15) is 0 Å². The summed E-state index contributed by atoms with van der Waals surface area (Å²) in [5.74, 6) is 3.25. The van der Waals surface area contributed by atoms with Crippen molar-refractivity contribution in [1.82, 2.24) is 25.8 Å². The molecule has 8 heteroatoms. The molecule has 2 aromatic rings. The lowest BCUT2D eigenvalue weighted by atomic mass is 9.57. The van der Waals surface area contributed by atoms with Crippen molar-refractivity contribution < 1.29 is 9.15 Å². The summed E-state index contributed by atoms with van der Waals surface area (Å²) in [4.78, 5) is 8.76. The molecule has 3 N–H and O–H groups in total. The number of hydrogen-bond donors (Lipinski definition) is 3. The number of nitrogens with zero attached hydrogens (tertiary/aromatic N) is 3. The van der Waals surface area contributed by atoms with Crippen LogP contribution in [0.15, 0.2) is 27.8 Å². The van der Waals surface area contributed by atoms with Crippen LogP contribution in [0.1, 0.15) is 26.1 Å². The van der Waals surface area contributed by atoms with E-state index in [1.54, 1.807) is 13.3 Å². The minimum Gasteiger partial charge on any atom is -0.461 e. The van der Waals surface area contributed by atoms with Crippen molar-refractivity contribution in [3.05, 3.63) is 24.2 Å². The number of ether oxygens (including phenoxy) is 1. The maximum absolute atomic E-state index is 5.85. The lowest BCUT2D eigenvalue weighted by molar-refractivity contribution is -0.106. The lowest BCUT2D eigenvalue weighted by Gasteiger charge is -2.54. The van der Waals surface area contributed by atoms with E-state index in [0.29, 0.717) is 36.2 Å². The SMILES string of the molecule is CN=C(NCc1nc(-c2ccco2)n[nH]1)NC1C2CCOC2C1(C)C. The molecule has 0 amide bonds. The van der Waals surface area contributed by atoms with E-state index in [1.807, 2.05) is 12.1 Å². The number of furan rings is 1. The third kappa shape index (κ3) is 2.80. The molecule has 3 heterocycles. The fourth-order valence-electron chi connectivity index (χ4n) is 4.02. The Bertz CT molecular complexity index is 751. The predicted octanol–water partition coefficient (Wildman–Crippen LogP) is 1.54. The minimum absolute atomic E-state index is 0.109. The normalized spacial score (nSPS) is 27.6. The average molecular weight is 344 g/mol. The first-order valence-corrected chi connectivity index (χ1v) is 8.63. The second-order valence-corrected chi connectivity index (χ2v) is 7.20. The van der Waals surface area contributed by atoms with E-state index in [1.165, 1.54) is 0 Å². The zero-order chi connectivity index (χ0) is 17.4. The van der Waals surface area contributed by atoms with Crippen LogP contribution in [-0.4, -0.2) is 46.9 Å². The van der Waals surface area contributed by atoms with E-state index in [2.05, 4.69) is 44.7 Å². The van der Waals surface area contributed by atoms with E-state index in [-0.39, 0.29) is 5.41 Å². The van der Waals surface area contributed by atoms with Crippen molar-refractivity contribution in [1.29, 1.82) is 0 Å². The van der Waals surface area contributed by atoms with Crippen LogP contribution in [0, 0.1) is 11.3 Å². The van der Waals surface area contributed by atoms with Crippen LogP contribution < -0.4 is 10.6 Å². The summed E-state index contributed by atoms with van der Waals surface area (Å²) in [5, 5.41) is 13.9. The molecule has 0 aromatic carbocycles. The largest absolute Gasteiger partial charge is 0.461 e. The van der Waals surface area contributed by atoms with Gasteiger partial charge < -0.3 is 19.8 Å². The molecule has 2 aromatic heterocycles. The highest BCUT2D eigenvalue weighted by molar-refractivity contribution is 5.80. The third-order valence-electron chi connectivity index (χ3n) is 5.31. The van der Waals surface area contributed by atoms with Crippen molar-refractivity contribution >= 4 is 5.96 Å². The summed E-state index contributed by atoms with van der Waals surface area (Å²) in [7, 11) is 1.78. The summed E-state index contributed by atoms with van der Waals surface area (Å²) in [6.07, 6.45) is 3.07. The molecule has 0 bridgehead atoms. The number of H-pyrrole nitrogens is 1. The Morgan fingerprint density at radius 1 is 1.48 bits per heavy atom. The number of hydrogen-bond acceptors (Lipinski definition) is 5. The van der Waals surface area contributed by atoms with Crippen LogP contribution in [0.5, 0.6) is 0 Å². The molecule has 2 aliphatic rings. The van der Waals surface area contributed by atoms with Gasteiger partial charge in [-0.05, 0) is 18.6 Å². The summed E-state index contributed by atoms with van der Waals surface area (Å²) in [5.41, 5.74) is 0.109. The van der Waals surface area contributed by atoms with Gasteiger partial charge in [0.05, 0.1) is 18.9 Å². The summed E-state index contributed by atoms with van der Waals surface area (Å²) < 4.78 is 11.2. The number of aromatic amines is 1. The molecule has 4 rings (SSSR count). The summed E-state index contributed by atoms with van der Waals surface area (Å²) >= 11 is 0. The number of nitrogens with one attached hydrogen (secondary N) is 3. The van der Waals surface area contributed by atoms with Crippen LogP contribution in [-0.2, 0) is 11.3 Å². The average Bonchev–Trinajstić information content (AvgIpc) is 3.34. The van der Waals surface area contributed by atoms with Crippen molar-refractivity contribution in [2.45, 2.75) is 39.0 Å². The Morgan fingerprint density at radius 2 is 2.36 bits per heavy atom. The fraction of sp³-hybridized carbons (Fsp3) is 0.588. The standard InChI is InChI=1S/C17H24N6O2/c1-17(2)13(10-6-8-25-14(10)17)21-16(18-3)19-9-12-20-15(23-22-12)11-5-4-7-24-11/h4-5,7,10,13-14H,6,8-9H2,1-3H3,(H2,18,19,21)(H,20,22,23). The molecule has 25 heavy (non-hydrogen) atoms. The number of rotatable bonds is 4. The topological polar surface area (TPSA) is 100 Å². The van der Waals surface area contributed by atoms with Gasteiger partial charge in [0, 0.05) is 31.0 Å². The predicted molar refractivity (Wildman–Crippen MR) is 92.8 cm³/mol. The molecule has 1 aliphatic carbocycles. The van der Waals surface area contributed by atoms with Crippen LogP contribution >= 0.6 is 0 Å². The van der Waals surface area contributed by atoms with E-state index >= 15 is 0 Å². The molecule has 0 radical (unpaired) electrons. The first kappa shape index (κ1) is 16.1. The highest BCUT2D eigenvalue weighted by Crippen LogP contribution is 2.52. The molecule has 1 aliphatic heterocycles. The molecule has 8 nitrogen and oxygen atoms in total. The van der Waals surface area contributed by atoms with Crippen molar-refractivity contribution in [3.8, 4) is 11.6 Å². The number of aromatic nitrogens is 3. The van der Waals surface area contributed by atoms with Crippen LogP contribution in [0.25, 0.3) is 11.6 Å². The number of aliphatic imine (C=N–C) groups is 1. The first-order chi connectivity index (χ1) is 12.1. The second kappa shape index (κ2) is 6.18. The maximum Gasteiger partial charge on any atom is 0.216 e. The molecular formula is C17H24N6O2. The van der Waals surface area contributed by atoms with Crippen molar-refractivity contribution in [2.75, 3.05) is 13.7 Å². The van der Waals surface area contributed by atoms with Crippen LogP contribution in [0.2, 0.25) is 0 Å². The molecule has 1 saturated carbocycles. The van der Waals surface area contributed by atoms with Gasteiger partial charge >= 0.3 is 0 Å². The first-order valence-electron chi connectivity index (χ1n) is 8.63. The lowest BCUT2D eigenvalue weighted by Crippen LogP contribution is -2.67. The van der Waals surface area contributed by atoms with Crippen LogP contribution in [0.4, 0.5) is 0 Å². The van der Waals surface area contributed by atoms with E-state index in [4.69, 9.17) is 9.15 Å². The van der Waals surface area contributed by atoms with E-state index in [0.717, 1.165) is 24.8 Å². The van der Waals surface area contributed by atoms with Gasteiger partial charge in [-0.2, -0.15) is 0 Å². The Kier molecular flexibility index (Phi) is 3.99. The Morgan fingerprint density at radius 3 is 3.12 bits per heavy atom. The van der Waals surface area contributed by atoms with Gasteiger partial charge in [-0.15, -0.1) is 5.10 Å². The highest BCUT2D eigenvalue weighted by atomic mass is 16.5. The van der Waals surface area contributed by atoms with Gasteiger partial charge in [0.25, 0.3) is 0 Å². The monoisotopic (exact) mass is 344 g/mol. The number of guanidine groups is 1. The smallest absolute Gasteiger partial charge is 0.216 e. The minimum atomic E-state index is 0.109. The molecule has 2 fully saturated rings. The Balaban J connectivity index is 1.35. The van der Waals surface area contributed by atoms with Gasteiger partial charge in [0.15, 0.2) is 11.7 Å². The molecule has 0 spiro atoms. The molecular weight excluding hydrogens is 320 g/mol. The molecule has 134 valence electrons. The summed E-state index contributed by atoms with van der Waals surface area (Å²) in [6, 6.07) is 4.01. The second-order valence-electron chi connectivity index (χ2n) is 7.20. The van der Waals surface area contributed by atoms with Crippen molar-refractivity contribution in [2.24, 2.45) is 16.3 Å². The summed E-state index contributed by atoms with van der Waals surface area (Å²) in [6.45, 7) is 5.86. The fourth-order valence-corrected chi connectivity index (χ4v) is 4.02. The number of fused-ring (bicyclic) bond motifs is 1. The van der Waals surface area contributed by atoms with Gasteiger partial charge in [-0.1, -0.05) is 13.8 Å². The maximum atomic E-state index is 5.85. The quantitative estimate of drug-likeness (QED) is 0.575. The van der Waals surface area contributed by atoms with Gasteiger partial charge in [0.2, 0.25) is 5.82 Å². The van der Waals surface area contributed by atoms with Gasteiger partial charge in [0.1, 0.15) is 5.82 Å². The Labute approximate surface area is 146 Å². The highest BCUT2D eigenvalue weighted by Gasteiger charge is 2.59. The van der Waals surface area contributed by atoms with Gasteiger partial charge in [-0.25, -0.2) is 4.98 Å². The van der Waals surface area contributed by atoms with Crippen LogP contribution in [0.3, 0.4) is 0 Å². The van der Waals surface area contributed by atoms with Gasteiger partial charge in [-0.3, -0.25) is 10.1 Å². The molecule has 3 atom stereocenters. The van der Waals surface area contributed by atoms with E-state index < -0.39 is 0 Å². The molecule has 1 saturated heterocycles. The zero-order valence-corrected chi connectivity index (χ0v) is 14.7. The van der Waals surface area contributed by atoms with Crippen molar-refractivity contribution in [3.63, 3.8) is 0 Å².